The Labute approximate surface area is 98.4 Å². The zero-order valence-corrected chi connectivity index (χ0v) is 9.56. The summed E-state index contributed by atoms with van der Waals surface area (Å²) >= 11 is 0. The molecule has 0 aliphatic heterocycles. The van der Waals surface area contributed by atoms with Gasteiger partial charge in [0.2, 0.25) is 0 Å². The number of rotatable bonds is 3. The van der Waals surface area contributed by atoms with Gasteiger partial charge in [-0.05, 0) is 19.1 Å². The molecule has 0 atom stereocenters. The summed E-state index contributed by atoms with van der Waals surface area (Å²) in [5, 5.41) is 6.35. The van der Waals surface area contributed by atoms with Gasteiger partial charge in [-0.3, -0.25) is 4.79 Å². The zero-order chi connectivity index (χ0) is 12.3. The van der Waals surface area contributed by atoms with Gasteiger partial charge in [-0.25, -0.2) is 0 Å². The van der Waals surface area contributed by atoms with Crippen molar-refractivity contribution in [3.8, 4) is 5.75 Å². The Kier molecular flexibility index (Phi) is 3.09. The van der Waals surface area contributed by atoms with Crippen LogP contribution in [-0.2, 0) is 0 Å². The maximum Gasteiger partial charge on any atom is 0.278 e. The second-order valence-electron chi connectivity index (χ2n) is 3.53. The first-order valence-corrected chi connectivity index (χ1v) is 5.07. The van der Waals surface area contributed by atoms with E-state index in [1.807, 2.05) is 0 Å². The van der Waals surface area contributed by atoms with Crippen molar-refractivity contribution < 1.29 is 14.1 Å². The largest absolute Gasteiger partial charge is 0.497 e. The standard InChI is InChI=1S/C12H12N2O3/c1-8-7-17-14-11(8)12(15)13-9-4-3-5-10(6-9)16-2/h3-7H,1-2H3,(H,13,15). The third kappa shape index (κ3) is 2.44. The minimum absolute atomic E-state index is 0.285. The summed E-state index contributed by atoms with van der Waals surface area (Å²) < 4.78 is 9.78. The lowest BCUT2D eigenvalue weighted by molar-refractivity contribution is 0.101. The van der Waals surface area contributed by atoms with Gasteiger partial charge < -0.3 is 14.6 Å². The third-order valence-corrected chi connectivity index (χ3v) is 2.29. The number of hydrogen-bond acceptors (Lipinski definition) is 4. The molecule has 88 valence electrons. The van der Waals surface area contributed by atoms with Crippen molar-refractivity contribution in [1.29, 1.82) is 0 Å². The fourth-order valence-corrected chi connectivity index (χ4v) is 1.40. The lowest BCUT2D eigenvalue weighted by Gasteiger charge is -2.05. The van der Waals surface area contributed by atoms with Crippen molar-refractivity contribution in [2.45, 2.75) is 6.92 Å². The van der Waals surface area contributed by atoms with Crippen LogP contribution < -0.4 is 10.1 Å². The fourth-order valence-electron chi connectivity index (χ4n) is 1.40. The molecule has 1 N–H and O–H groups in total. The number of carbonyl (C=O) groups excluding carboxylic acids is 1. The predicted octanol–water partition coefficient (Wildman–Crippen LogP) is 2.24. The normalized spacial score (nSPS) is 10.0. The number of benzene rings is 1. The zero-order valence-electron chi connectivity index (χ0n) is 9.56. The van der Waals surface area contributed by atoms with Gasteiger partial charge >= 0.3 is 0 Å². The molecule has 0 saturated carbocycles. The Bertz CT molecular complexity index is 534. The number of nitrogens with zero attached hydrogens (tertiary/aromatic N) is 1. The Morgan fingerprint density at radius 1 is 1.47 bits per heavy atom. The molecule has 5 heteroatoms. The topological polar surface area (TPSA) is 64.4 Å². The molecule has 0 spiro atoms. The van der Waals surface area contributed by atoms with Gasteiger partial charge in [0.15, 0.2) is 5.69 Å². The van der Waals surface area contributed by atoms with Crippen molar-refractivity contribution in [1.82, 2.24) is 5.16 Å². The fraction of sp³-hybridized carbons (Fsp3) is 0.167. The summed E-state index contributed by atoms with van der Waals surface area (Å²) in [4.78, 5) is 11.8. The van der Waals surface area contributed by atoms with E-state index in [0.29, 0.717) is 17.0 Å². The van der Waals surface area contributed by atoms with Gasteiger partial charge in [0.25, 0.3) is 5.91 Å². The lowest BCUT2D eigenvalue weighted by Crippen LogP contribution is -2.13. The first-order chi connectivity index (χ1) is 8.20. The highest BCUT2D eigenvalue weighted by Gasteiger charge is 2.13. The summed E-state index contributed by atoms with van der Waals surface area (Å²) in [5.41, 5.74) is 1.63. The quantitative estimate of drug-likeness (QED) is 0.881. The molecular formula is C12H12N2O3. The second kappa shape index (κ2) is 4.69. The number of aromatic nitrogens is 1. The molecule has 2 rings (SSSR count). The van der Waals surface area contributed by atoms with E-state index in [-0.39, 0.29) is 11.6 Å². The van der Waals surface area contributed by atoms with Crippen LogP contribution in [0, 0.1) is 6.92 Å². The number of ether oxygens (including phenoxy) is 1. The van der Waals surface area contributed by atoms with E-state index in [1.54, 1.807) is 38.3 Å². The van der Waals surface area contributed by atoms with Crippen molar-refractivity contribution in [3.63, 3.8) is 0 Å². The van der Waals surface area contributed by atoms with Crippen molar-refractivity contribution in [2.24, 2.45) is 0 Å². The second-order valence-corrected chi connectivity index (χ2v) is 3.53. The highest BCUT2D eigenvalue weighted by molar-refractivity contribution is 6.03. The average molecular weight is 232 g/mol. The minimum atomic E-state index is -0.301. The summed E-state index contributed by atoms with van der Waals surface area (Å²) in [7, 11) is 1.57. The van der Waals surface area contributed by atoms with Gasteiger partial charge in [-0.2, -0.15) is 0 Å². The molecule has 0 unspecified atom stereocenters. The number of aryl methyl sites for hydroxylation is 1. The van der Waals surface area contributed by atoms with E-state index in [1.165, 1.54) is 6.26 Å². The Hall–Kier alpha value is -2.30. The van der Waals surface area contributed by atoms with E-state index in [9.17, 15) is 4.79 Å². The maximum atomic E-state index is 11.8. The van der Waals surface area contributed by atoms with Gasteiger partial charge in [-0.15, -0.1) is 0 Å². The highest BCUT2D eigenvalue weighted by atomic mass is 16.5. The highest BCUT2D eigenvalue weighted by Crippen LogP contribution is 2.17. The summed E-state index contributed by atoms with van der Waals surface area (Å²) in [6, 6.07) is 7.10. The Morgan fingerprint density at radius 3 is 2.94 bits per heavy atom. The van der Waals surface area contributed by atoms with Crippen LogP contribution in [-0.4, -0.2) is 18.2 Å². The van der Waals surface area contributed by atoms with E-state index in [0.717, 1.165) is 0 Å². The van der Waals surface area contributed by atoms with Gasteiger partial charge in [0, 0.05) is 17.3 Å². The third-order valence-electron chi connectivity index (χ3n) is 2.29. The number of nitrogens with one attached hydrogen (secondary N) is 1. The average Bonchev–Trinajstić information content (AvgIpc) is 2.76. The van der Waals surface area contributed by atoms with Crippen LogP contribution in [0.25, 0.3) is 0 Å². The van der Waals surface area contributed by atoms with Crippen LogP contribution in [0.3, 0.4) is 0 Å². The van der Waals surface area contributed by atoms with Crippen LogP contribution in [0.1, 0.15) is 16.1 Å². The molecule has 1 aromatic carbocycles. The smallest absolute Gasteiger partial charge is 0.278 e. The molecule has 1 amide bonds. The van der Waals surface area contributed by atoms with Crippen LogP contribution in [0.2, 0.25) is 0 Å². The van der Waals surface area contributed by atoms with Crippen LogP contribution in [0.4, 0.5) is 5.69 Å². The number of carbonyl (C=O) groups is 1. The van der Waals surface area contributed by atoms with Gasteiger partial charge in [-0.1, -0.05) is 11.2 Å². The van der Waals surface area contributed by atoms with Gasteiger partial charge in [0.05, 0.1) is 7.11 Å². The monoisotopic (exact) mass is 232 g/mol. The number of anilines is 1. The molecule has 17 heavy (non-hydrogen) atoms. The maximum absolute atomic E-state index is 11.8. The van der Waals surface area contributed by atoms with E-state index < -0.39 is 0 Å². The number of methoxy groups -OCH3 is 1. The SMILES string of the molecule is COc1cccc(NC(=O)c2nocc2C)c1. The molecular weight excluding hydrogens is 220 g/mol. The van der Waals surface area contributed by atoms with Crippen LogP contribution in [0.15, 0.2) is 35.1 Å². The molecule has 0 aliphatic carbocycles. The molecule has 2 aromatic rings. The molecule has 0 aliphatic rings. The summed E-state index contributed by atoms with van der Waals surface area (Å²) in [6.07, 6.45) is 1.43. The molecule has 0 saturated heterocycles. The van der Waals surface area contributed by atoms with E-state index in [2.05, 4.69) is 10.5 Å². The van der Waals surface area contributed by atoms with Crippen molar-refractivity contribution >= 4 is 11.6 Å². The number of hydrogen-bond donors (Lipinski definition) is 1. The molecule has 1 heterocycles. The summed E-state index contributed by atoms with van der Waals surface area (Å²) in [6.45, 7) is 1.76. The molecule has 1 aromatic heterocycles. The molecule has 0 bridgehead atoms. The molecule has 5 nitrogen and oxygen atoms in total. The van der Waals surface area contributed by atoms with E-state index in [4.69, 9.17) is 9.26 Å². The van der Waals surface area contributed by atoms with E-state index >= 15 is 0 Å². The molecule has 0 fully saturated rings. The first kappa shape index (κ1) is 11.2. The van der Waals surface area contributed by atoms with Crippen molar-refractivity contribution in [2.75, 3.05) is 12.4 Å². The Balaban J connectivity index is 2.16. The number of amides is 1. The molecule has 0 radical (unpaired) electrons. The first-order valence-electron chi connectivity index (χ1n) is 5.07. The summed E-state index contributed by atoms with van der Waals surface area (Å²) in [5.74, 6) is 0.379. The van der Waals surface area contributed by atoms with Crippen LogP contribution in [0.5, 0.6) is 5.75 Å². The lowest BCUT2D eigenvalue weighted by atomic mass is 10.2. The predicted molar refractivity (Wildman–Crippen MR) is 62.2 cm³/mol. The van der Waals surface area contributed by atoms with Crippen LogP contribution >= 0.6 is 0 Å². The Morgan fingerprint density at radius 2 is 2.29 bits per heavy atom. The minimum Gasteiger partial charge on any atom is -0.497 e. The van der Waals surface area contributed by atoms with Crippen molar-refractivity contribution in [3.05, 3.63) is 41.8 Å². The van der Waals surface area contributed by atoms with Gasteiger partial charge in [0.1, 0.15) is 12.0 Å².